The van der Waals surface area contributed by atoms with Crippen LogP contribution in [-0.2, 0) is 4.79 Å². The highest BCUT2D eigenvalue weighted by molar-refractivity contribution is 7.99. The van der Waals surface area contributed by atoms with E-state index in [1.807, 2.05) is 18.2 Å². The molecule has 1 rings (SSSR count). The first-order chi connectivity index (χ1) is 6.27. The fourth-order valence-corrected chi connectivity index (χ4v) is 2.06. The minimum absolute atomic E-state index is 0. The molecule has 0 aromatic heterocycles. The number of nitrogens with one attached hydrogen (secondary N) is 1. The van der Waals surface area contributed by atoms with Gasteiger partial charge in [-0.05, 0) is 26.1 Å². The molecule has 0 aliphatic carbocycles. The molecule has 1 fully saturated rings. The van der Waals surface area contributed by atoms with Gasteiger partial charge in [0.2, 0.25) is 5.91 Å². The van der Waals surface area contributed by atoms with Gasteiger partial charge in [0.05, 0.1) is 5.75 Å². The predicted molar refractivity (Wildman–Crippen MR) is 64.3 cm³/mol. The molecule has 1 aliphatic heterocycles. The molecule has 0 aromatic carbocycles. The maximum atomic E-state index is 11.5. The fraction of sp³-hybridized carbons (Fsp3) is 0.889. The van der Waals surface area contributed by atoms with Crippen LogP contribution in [-0.4, -0.2) is 49.0 Å². The molecule has 1 N–H and O–H groups in total. The zero-order valence-corrected chi connectivity index (χ0v) is 10.4. The number of piperidine rings is 1. The molecule has 0 aromatic rings. The molecule has 1 amide bonds. The first kappa shape index (κ1) is 14.1. The van der Waals surface area contributed by atoms with Crippen molar-refractivity contribution in [2.24, 2.45) is 0 Å². The fourth-order valence-electron chi connectivity index (χ4n) is 1.63. The first-order valence-electron chi connectivity index (χ1n) is 4.72. The second-order valence-electron chi connectivity index (χ2n) is 3.38. The van der Waals surface area contributed by atoms with Crippen molar-refractivity contribution in [3.63, 3.8) is 0 Å². The number of amides is 1. The number of hydrogen-bond donors (Lipinski definition) is 1. The standard InChI is InChI=1S/C9H18N2OS.ClH/c1-10-8-3-5-11(6-4-8)9(12)7-13-2;/h8,10H,3-7H2,1-2H3;1H. The number of thioether (sulfide) groups is 1. The van der Waals surface area contributed by atoms with Crippen LogP contribution in [0.1, 0.15) is 12.8 Å². The maximum absolute atomic E-state index is 11.5. The van der Waals surface area contributed by atoms with Gasteiger partial charge in [0, 0.05) is 19.1 Å². The topological polar surface area (TPSA) is 32.3 Å². The molecule has 84 valence electrons. The molecule has 1 saturated heterocycles. The molecule has 0 radical (unpaired) electrons. The van der Waals surface area contributed by atoms with Crippen molar-refractivity contribution in [3.05, 3.63) is 0 Å². The molecule has 0 saturated carbocycles. The highest BCUT2D eigenvalue weighted by Crippen LogP contribution is 2.11. The third-order valence-corrected chi connectivity index (χ3v) is 3.06. The number of nitrogens with zero attached hydrogens (tertiary/aromatic N) is 1. The minimum atomic E-state index is 0. The summed E-state index contributed by atoms with van der Waals surface area (Å²) in [5.41, 5.74) is 0. The Morgan fingerprint density at radius 2 is 2.07 bits per heavy atom. The molecule has 1 aliphatic rings. The van der Waals surface area contributed by atoms with Gasteiger partial charge in [-0.1, -0.05) is 0 Å². The van der Waals surface area contributed by atoms with Crippen molar-refractivity contribution in [2.45, 2.75) is 18.9 Å². The van der Waals surface area contributed by atoms with Gasteiger partial charge in [0.25, 0.3) is 0 Å². The van der Waals surface area contributed by atoms with Gasteiger partial charge in [-0.25, -0.2) is 0 Å². The second-order valence-corrected chi connectivity index (χ2v) is 4.24. The van der Waals surface area contributed by atoms with Gasteiger partial charge in [0.15, 0.2) is 0 Å². The van der Waals surface area contributed by atoms with Gasteiger partial charge in [-0.3, -0.25) is 4.79 Å². The van der Waals surface area contributed by atoms with E-state index in [9.17, 15) is 4.79 Å². The van der Waals surface area contributed by atoms with E-state index in [1.165, 1.54) is 0 Å². The summed E-state index contributed by atoms with van der Waals surface area (Å²) in [4.78, 5) is 13.5. The van der Waals surface area contributed by atoms with E-state index in [2.05, 4.69) is 5.32 Å². The van der Waals surface area contributed by atoms with Crippen molar-refractivity contribution >= 4 is 30.1 Å². The Hall–Kier alpha value is 0.0700. The number of rotatable bonds is 3. The Balaban J connectivity index is 0.00000169. The van der Waals surface area contributed by atoms with E-state index in [1.54, 1.807) is 11.8 Å². The number of carbonyl (C=O) groups excluding carboxylic acids is 1. The van der Waals surface area contributed by atoms with Crippen LogP contribution in [0.25, 0.3) is 0 Å². The Labute approximate surface area is 96.4 Å². The predicted octanol–water partition coefficient (Wildman–Crippen LogP) is 0.982. The lowest BCUT2D eigenvalue weighted by molar-refractivity contribution is -0.129. The van der Waals surface area contributed by atoms with Crippen molar-refractivity contribution in [1.29, 1.82) is 0 Å². The number of carbonyl (C=O) groups is 1. The van der Waals surface area contributed by atoms with Crippen molar-refractivity contribution in [1.82, 2.24) is 10.2 Å². The van der Waals surface area contributed by atoms with Crippen LogP contribution < -0.4 is 5.32 Å². The Bertz CT molecular complexity index is 172. The Morgan fingerprint density at radius 1 is 1.50 bits per heavy atom. The summed E-state index contributed by atoms with van der Waals surface area (Å²) < 4.78 is 0. The third kappa shape index (κ3) is 4.07. The molecule has 0 unspecified atom stereocenters. The van der Waals surface area contributed by atoms with E-state index in [0.29, 0.717) is 17.7 Å². The summed E-state index contributed by atoms with van der Waals surface area (Å²) in [6.07, 6.45) is 4.16. The van der Waals surface area contributed by atoms with Crippen molar-refractivity contribution in [2.75, 3.05) is 32.1 Å². The van der Waals surface area contributed by atoms with Gasteiger partial charge in [0.1, 0.15) is 0 Å². The third-order valence-electron chi connectivity index (χ3n) is 2.52. The van der Waals surface area contributed by atoms with Crippen LogP contribution >= 0.6 is 24.2 Å². The average molecular weight is 239 g/mol. The molecule has 5 heteroatoms. The lowest BCUT2D eigenvalue weighted by Crippen LogP contribution is -2.44. The van der Waals surface area contributed by atoms with Crippen LogP contribution in [0.4, 0.5) is 0 Å². The number of likely N-dealkylation sites (tertiary alicyclic amines) is 1. The molecule has 0 atom stereocenters. The maximum Gasteiger partial charge on any atom is 0.232 e. The van der Waals surface area contributed by atoms with Crippen LogP contribution in [0.5, 0.6) is 0 Å². The van der Waals surface area contributed by atoms with E-state index in [4.69, 9.17) is 0 Å². The highest BCUT2D eigenvalue weighted by atomic mass is 35.5. The summed E-state index contributed by atoms with van der Waals surface area (Å²) in [5, 5.41) is 3.25. The molecule has 3 nitrogen and oxygen atoms in total. The van der Waals surface area contributed by atoms with Crippen molar-refractivity contribution < 1.29 is 4.79 Å². The van der Waals surface area contributed by atoms with Crippen LogP contribution in [0.3, 0.4) is 0 Å². The van der Waals surface area contributed by atoms with E-state index in [-0.39, 0.29) is 12.4 Å². The van der Waals surface area contributed by atoms with Crippen LogP contribution in [0.2, 0.25) is 0 Å². The highest BCUT2D eigenvalue weighted by Gasteiger charge is 2.20. The second kappa shape index (κ2) is 7.37. The minimum Gasteiger partial charge on any atom is -0.342 e. The zero-order chi connectivity index (χ0) is 9.68. The van der Waals surface area contributed by atoms with E-state index in [0.717, 1.165) is 25.9 Å². The van der Waals surface area contributed by atoms with Crippen molar-refractivity contribution in [3.8, 4) is 0 Å². The molecular weight excluding hydrogens is 220 g/mol. The molecule has 1 heterocycles. The Kier molecular flexibility index (Phi) is 7.41. The summed E-state index contributed by atoms with van der Waals surface area (Å²) in [6.45, 7) is 1.84. The van der Waals surface area contributed by atoms with E-state index < -0.39 is 0 Å². The SMILES string of the molecule is CNC1CCN(C(=O)CSC)CC1.Cl. The largest absolute Gasteiger partial charge is 0.342 e. The average Bonchev–Trinajstić information content (AvgIpc) is 2.18. The molecule has 14 heavy (non-hydrogen) atoms. The summed E-state index contributed by atoms with van der Waals surface area (Å²) in [7, 11) is 1.99. The number of hydrogen-bond acceptors (Lipinski definition) is 3. The monoisotopic (exact) mass is 238 g/mol. The normalized spacial score (nSPS) is 17.7. The lowest BCUT2D eigenvalue weighted by Gasteiger charge is -2.31. The van der Waals surface area contributed by atoms with Gasteiger partial charge >= 0.3 is 0 Å². The number of halogens is 1. The van der Waals surface area contributed by atoms with E-state index >= 15 is 0 Å². The van der Waals surface area contributed by atoms with Gasteiger partial charge in [-0.2, -0.15) is 11.8 Å². The summed E-state index contributed by atoms with van der Waals surface area (Å²) in [5.74, 6) is 0.923. The molecule has 0 spiro atoms. The summed E-state index contributed by atoms with van der Waals surface area (Å²) in [6, 6.07) is 0.610. The zero-order valence-electron chi connectivity index (χ0n) is 8.78. The lowest BCUT2D eigenvalue weighted by atomic mass is 10.1. The van der Waals surface area contributed by atoms with Gasteiger partial charge < -0.3 is 10.2 Å². The van der Waals surface area contributed by atoms with Crippen LogP contribution in [0, 0.1) is 0 Å². The first-order valence-corrected chi connectivity index (χ1v) is 6.11. The molecular formula is C9H19ClN2OS. The molecule has 0 bridgehead atoms. The summed E-state index contributed by atoms with van der Waals surface area (Å²) >= 11 is 1.60. The van der Waals surface area contributed by atoms with Crippen LogP contribution in [0.15, 0.2) is 0 Å². The van der Waals surface area contributed by atoms with Gasteiger partial charge in [-0.15, -0.1) is 12.4 Å². The smallest absolute Gasteiger partial charge is 0.232 e. The quantitative estimate of drug-likeness (QED) is 0.796. The Morgan fingerprint density at radius 3 is 2.50 bits per heavy atom.